The van der Waals surface area contributed by atoms with Gasteiger partial charge >= 0.3 is 0 Å². The maximum Gasteiger partial charge on any atom is 0.0254 e. The summed E-state index contributed by atoms with van der Waals surface area (Å²) in [5.74, 6) is 1.97. The fourth-order valence-corrected chi connectivity index (χ4v) is 4.91. The third-order valence-corrected chi connectivity index (χ3v) is 5.93. The van der Waals surface area contributed by atoms with E-state index < -0.39 is 0 Å². The lowest BCUT2D eigenvalue weighted by atomic mass is 9.80. The van der Waals surface area contributed by atoms with Crippen LogP contribution in [0.4, 0.5) is 0 Å². The summed E-state index contributed by atoms with van der Waals surface area (Å²) in [4.78, 5) is 2.92. The van der Waals surface area contributed by atoms with Gasteiger partial charge in [-0.3, -0.25) is 4.90 Å². The zero-order chi connectivity index (χ0) is 12.5. The lowest BCUT2D eigenvalue weighted by Gasteiger charge is -2.44. The molecule has 2 nitrogen and oxygen atoms in total. The topological polar surface area (TPSA) is 15.3 Å². The summed E-state index contributed by atoms with van der Waals surface area (Å²) in [6, 6.07) is 2.51. The van der Waals surface area contributed by atoms with Crippen molar-refractivity contribution >= 4 is 0 Å². The van der Waals surface area contributed by atoms with Crippen molar-refractivity contribution in [2.75, 3.05) is 13.6 Å². The molecule has 5 atom stereocenters. The Hall–Kier alpha value is -0.0800. The Morgan fingerprint density at radius 2 is 1.78 bits per heavy atom. The van der Waals surface area contributed by atoms with Crippen LogP contribution in [-0.2, 0) is 0 Å². The Labute approximate surface area is 113 Å². The van der Waals surface area contributed by atoms with Crippen LogP contribution in [0, 0.1) is 11.8 Å². The van der Waals surface area contributed by atoms with Gasteiger partial charge in [-0.05, 0) is 64.0 Å². The van der Waals surface area contributed by atoms with E-state index in [4.69, 9.17) is 0 Å². The van der Waals surface area contributed by atoms with E-state index in [1.54, 1.807) is 0 Å². The monoisotopic (exact) mass is 250 g/mol. The van der Waals surface area contributed by atoms with Crippen LogP contribution in [0.1, 0.15) is 58.3 Å². The Kier molecular flexibility index (Phi) is 3.95. The maximum absolute atomic E-state index is 3.61. The number of likely N-dealkylation sites (tertiary alicyclic amines) is 1. The molecule has 0 radical (unpaired) electrons. The van der Waals surface area contributed by atoms with E-state index >= 15 is 0 Å². The fourth-order valence-electron chi connectivity index (χ4n) is 4.91. The molecule has 0 amide bonds. The summed E-state index contributed by atoms with van der Waals surface area (Å²) in [6.07, 6.45) is 11.7. The highest BCUT2D eigenvalue weighted by Gasteiger charge is 2.42. The lowest BCUT2D eigenvalue weighted by Crippen LogP contribution is -2.54. The van der Waals surface area contributed by atoms with E-state index in [1.807, 2.05) is 0 Å². The van der Waals surface area contributed by atoms with Crippen molar-refractivity contribution in [3.8, 4) is 0 Å². The van der Waals surface area contributed by atoms with Gasteiger partial charge in [0.2, 0.25) is 0 Å². The smallest absolute Gasteiger partial charge is 0.0254 e. The van der Waals surface area contributed by atoms with Gasteiger partial charge in [-0.15, -0.1) is 0 Å². The molecule has 5 unspecified atom stereocenters. The summed E-state index contributed by atoms with van der Waals surface area (Å²) in [5.41, 5.74) is 0. The molecule has 0 aromatic carbocycles. The van der Waals surface area contributed by atoms with Crippen molar-refractivity contribution in [3.63, 3.8) is 0 Å². The van der Waals surface area contributed by atoms with Crippen molar-refractivity contribution in [1.82, 2.24) is 10.2 Å². The van der Waals surface area contributed by atoms with Crippen LogP contribution >= 0.6 is 0 Å². The summed E-state index contributed by atoms with van der Waals surface area (Å²) in [7, 11) is 2.17. The van der Waals surface area contributed by atoms with Gasteiger partial charge in [-0.2, -0.15) is 0 Å². The minimum atomic E-state index is 0.752. The van der Waals surface area contributed by atoms with E-state index in [-0.39, 0.29) is 0 Å². The van der Waals surface area contributed by atoms with E-state index in [9.17, 15) is 0 Å². The quantitative estimate of drug-likeness (QED) is 0.810. The molecule has 2 heteroatoms. The van der Waals surface area contributed by atoms with E-state index in [0.717, 1.165) is 30.0 Å². The molecule has 0 aromatic rings. The SMILES string of the molecule is CNC1CCC(C)CC1N1CCC2CCCCC21. The van der Waals surface area contributed by atoms with Gasteiger partial charge in [0.05, 0.1) is 0 Å². The number of nitrogens with zero attached hydrogens (tertiary/aromatic N) is 1. The Morgan fingerprint density at radius 1 is 0.944 bits per heavy atom. The molecule has 18 heavy (non-hydrogen) atoms. The molecule has 3 rings (SSSR count). The van der Waals surface area contributed by atoms with Gasteiger partial charge in [-0.25, -0.2) is 0 Å². The van der Waals surface area contributed by atoms with Crippen molar-refractivity contribution in [1.29, 1.82) is 0 Å². The second-order valence-corrected chi connectivity index (χ2v) is 7.02. The number of rotatable bonds is 2. The van der Waals surface area contributed by atoms with Gasteiger partial charge in [0.25, 0.3) is 0 Å². The van der Waals surface area contributed by atoms with Gasteiger partial charge in [0, 0.05) is 18.1 Å². The largest absolute Gasteiger partial charge is 0.315 e. The molecular formula is C16H30N2. The van der Waals surface area contributed by atoms with Crippen LogP contribution in [0.15, 0.2) is 0 Å². The summed E-state index contributed by atoms with van der Waals surface area (Å²) >= 11 is 0. The third-order valence-electron chi connectivity index (χ3n) is 5.93. The Bertz CT molecular complexity index is 278. The van der Waals surface area contributed by atoms with Crippen molar-refractivity contribution < 1.29 is 0 Å². The molecule has 0 spiro atoms. The van der Waals surface area contributed by atoms with Gasteiger partial charge in [0.15, 0.2) is 0 Å². The lowest BCUT2D eigenvalue weighted by molar-refractivity contribution is 0.0703. The van der Waals surface area contributed by atoms with Crippen LogP contribution in [-0.4, -0.2) is 36.6 Å². The highest BCUT2D eigenvalue weighted by atomic mass is 15.2. The Morgan fingerprint density at radius 3 is 2.61 bits per heavy atom. The predicted octanol–water partition coefficient (Wildman–Crippen LogP) is 3.03. The summed E-state index contributed by atoms with van der Waals surface area (Å²) < 4.78 is 0. The minimum Gasteiger partial charge on any atom is -0.315 e. The average molecular weight is 250 g/mol. The molecule has 3 fully saturated rings. The number of hydrogen-bond acceptors (Lipinski definition) is 2. The van der Waals surface area contributed by atoms with Crippen LogP contribution in [0.2, 0.25) is 0 Å². The predicted molar refractivity (Wildman–Crippen MR) is 76.7 cm³/mol. The van der Waals surface area contributed by atoms with E-state index in [2.05, 4.69) is 24.2 Å². The molecule has 0 bridgehead atoms. The molecule has 104 valence electrons. The number of fused-ring (bicyclic) bond motifs is 1. The average Bonchev–Trinajstić information content (AvgIpc) is 2.82. The van der Waals surface area contributed by atoms with Gasteiger partial charge < -0.3 is 5.32 Å². The van der Waals surface area contributed by atoms with Gasteiger partial charge in [0.1, 0.15) is 0 Å². The van der Waals surface area contributed by atoms with Crippen LogP contribution in [0.25, 0.3) is 0 Å². The highest BCUT2D eigenvalue weighted by molar-refractivity contribution is 4.98. The maximum atomic E-state index is 3.61. The molecule has 2 aliphatic carbocycles. The minimum absolute atomic E-state index is 0.752. The first kappa shape index (κ1) is 12.9. The van der Waals surface area contributed by atoms with Crippen LogP contribution in [0.3, 0.4) is 0 Å². The molecular weight excluding hydrogens is 220 g/mol. The van der Waals surface area contributed by atoms with E-state index in [1.165, 1.54) is 57.9 Å². The van der Waals surface area contributed by atoms with Crippen molar-refractivity contribution in [3.05, 3.63) is 0 Å². The first-order valence-electron chi connectivity index (χ1n) is 8.22. The first-order chi connectivity index (χ1) is 8.79. The molecule has 1 N–H and O–H groups in total. The summed E-state index contributed by atoms with van der Waals surface area (Å²) in [5, 5.41) is 3.61. The number of hydrogen-bond donors (Lipinski definition) is 1. The number of nitrogens with one attached hydrogen (secondary N) is 1. The number of likely N-dealkylation sites (N-methyl/N-ethyl adjacent to an activating group) is 1. The summed E-state index contributed by atoms with van der Waals surface area (Å²) in [6.45, 7) is 3.83. The Balaban J connectivity index is 1.71. The second-order valence-electron chi connectivity index (χ2n) is 7.02. The molecule has 2 saturated carbocycles. The van der Waals surface area contributed by atoms with Crippen molar-refractivity contribution in [2.45, 2.75) is 76.4 Å². The zero-order valence-electron chi connectivity index (χ0n) is 12.2. The first-order valence-corrected chi connectivity index (χ1v) is 8.22. The van der Waals surface area contributed by atoms with Crippen molar-refractivity contribution in [2.24, 2.45) is 11.8 Å². The molecule has 1 saturated heterocycles. The molecule has 3 aliphatic rings. The van der Waals surface area contributed by atoms with Gasteiger partial charge in [-0.1, -0.05) is 19.8 Å². The van der Waals surface area contributed by atoms with Crippen LogP contribution < -0.4 is 5.32 Å². The zero-order valence-corrected chi connectivity index (χ0v) is 12.2. The van der Waals surface area contributed by atoms with E-state index in [0.29, 0.717) is 0 Å². The highest BCUT2D eigenvalue weighted by Crippen LogP contribution is 2.40. The molecule has 1 aliphatic heterocycles. The third kappa shape index (κ3) is 2.34. The molecule has 0 aromatic heterocycles. The normalized spacial score (nSPS) is 46.0. The fraction of sp³-hybridized carbons (Fsp3) is 1.00. The van der Waals surface area contributed by atoms with Crippen LogP contribution in [0.5, 0.6) is 0 Å². The molecule has 1 heterocycles. The standard InChI is InChI=1S/C16H30N2/c1-12-7-8-14(17-2)16(11-12)18-10-9-13-5-3-4-6-15(13)18/h12-17H,3-11H2,1-2H3. The second kappa shape index (κ2) is 5.50.